The molecule has 0 fully saturated rings. The first kappa shape index (κ1) is 15.4. The molecule has 3 aromatic rings. The molecule has 2 aromatic carbocycles. The Hall–Kier alpha value is -2.17. The van der Waals surface area contributed by atoms with Gasteiger partial charge in [-0.1, -0.05) is 54.1 Å². The van der Waals surface area contributed by atoms with Gasteiger partial charge in [0.1, 0.15) is 0 Å². The minimum absolute atomic E-state index is 0.218. The second-order valence-corrected chi connectivity index (χ2v) is 7.11. The standard InChI is InChI=1S/C19H16ClN3S/c1-13-11-18(15-5-3-2-4-6-15)23(22-13)19-21-17(12-24-19)14-7-9-16(20)10-8-14/h2-10,12,18H,11H2,1H3/t18-/m0/s1. The summed E-state index contributed by atoms with van der Waals surface area (Å²) >= 11 is 7.59. The van der Waals surface area contributed by atoms with Gasteiger partial charge >= 0.3 is 0 Å². The van der Waals surface area contributed by atoms with Crippen LogP contribution >= 0.6 is 22.9 Å². The summed E-state index contributed by atoms with van der Waals surface area (Å²) in [5, 5.41) is 10.5. The molecule has 0 radical (unpaired) electrons. The third-order valence-corrected chi connectivity index (χ3v) is 5.16. The Kier molecular flexibility index (Phi) is 4.08. The molecular formula is C19H16ClN3S. The first-order chi connectivity index (χ1) is 11.7. The van der Waals surface area contributed by atoms with Crippen LogP contribution in [0.25, 0.3) is 11.3 Å². The second-order valence-electron chi connectivity index (χ2n) is 5.83. The molecule has 24 heavy (non-hydrogen) atoms. The van der Waals surface area contributed by atoms with E-state index in [0.29, 0.717) is 0 Å². The fourth-order valence-electron chi connectivity index (χ4n) is 2.89. The highest BCUT2D eigenvalue weighted by molar-refractivity contribution is 7.14. The van der Waals surface area contributed by atoms with E-state index < -0.39 is 0 Å². The van der Waals surface area contributed by atoms with E-state index in [1.165, 1.54) is 5.56 Å². The molecule has 1 aliphatic heterocycles. The molecular weight excluding hydrogens is 338 g/mol. The van der Waals surface area contributed by atoms with Gasteiger partial charge in [-0.25, -0.2) is 9.99 Å². The Morgan fingerprint density at radius 1 is 1.08 bits per heavy atom. The third-order valence-electron chi connectivity index (χ3n) is 4.07. The molecule has 0 unspecified atom stereocenters. The molecule has 1 aliphatic rings. The van der Waals surface area contributed by atoms with Crippen molar-refractivity contribution >= 4 is 33.8 Å². The lowest BCUT2D eigenvalue weighted by molar-refractivity contribution is 0.706. The molecule has 120 valence electrons. The molecule has 4 rings (SSSR count). The maximum absolute atomic E-state index is 5.97. The van der Waals surface area contributed by atoms with E-state index in [-0.39, 0.29) is 6.04 Å². The SMILES string of the molecule is CC1=NN(c2nc(-c3ccc(Cl)cc3)cs2)[C@H](c2ccccc2)C1. The molecule has 0 N–H and O–H groups in total. The van der Waals surface area contributed by atoms with E-state index in [2.05, 4.69) is 41.6 Å². The highest BCUT2D eigenvalue weighted by Gasteiger charge is 2.29. The van der Waals surface area contributed by atoms with Gasteiger partial charge in [-0.15, -0.1) is 11.3 Å². The van der Waals surface area contributed by atoms with Crippen molar-refractivity contribution in [2.24, 2.45) is 5.10 Å². The van der Waals surface area contributed by atoms with Crippen molar-refractivity contribution in [3.8, 4) is 11.3 Å². The number of hydrogen-bond donors (Lipinski definition) is 0. The van der Waals surface area contributed by atoms with Crippen molar-refractivity contribution in [2.75, 3.05) is 5.01 Å². The quantitative estimate of drug-likeness (QED) is 0.596. The minimum atomic E-state index is 0.218. The molecule has 0 saturated heterocycles. The zero-order valence-corrected chi connectivity index (χ0v) is 14.8. The molecule has 0 amide bonds. The summed E-state index contributed by atoms with van der Waals surface area (Å²) in [5.41, 5.74) is 4.42. The van der Waals surface area contributed by atoms with E-state index >= 15 is 0 Å². The number of benzene rings is 2. The number of halogens is 1. The third kappa shape index (κ3) is 2.95. The fourth-order valence-corrected chi connectivity index (χ4v) is 3.85. The molecule has 0 saturated carbocycles. The van der Waals surface area contributed by atoms with Crippen LogP contribution in [0.1, 0.15) is 24.9 Å². The van der Waals surface area contributed by atoms with Crippen molar-refractivity contribution in [1.29, 1.82) is 0 Å². The molecule has 3 nitrogen and oxygen atoms in total. The fraction of sp³-hybridized carbons (Fsp3) is 0.158. The summed E-state index contributed by atoms with van der Waals surface area (Å²) in [6.07, 6.45) is 0.930. The molecule has 1 aromatic heterocycles. The smallest absolute Gasteiger partial charge is 0.207 e. The molecule has 5 heteroatoms. The van der Waals surface area contributed by atoms with Gasteiger partial charge in [0.05, 0.1) is 11.7 Å². The zero-order valence-electron chi connectivity index (χ0n) is 13.2. The van der Waals surface area contributed by atoms with Gasteiger partial charge in [-0.2, -0.15) is 5.10 Å². The van der Waals surface area contributed by atoms with Crippen molar-refractivity contribution in [3.05, 3.63) is 70.6 Å². The number of hydrazone groups is 1. The Morgan fingerprint density at radius 3 is 2.58 bits per heavy atom. The largest absolute Gasteiger partial charge is 0.231 e. The second kappa shape index (κ2) is 6.38. The minimum Gasteiger partial charge on any atom is -0.231 e. The van der Waals surface area contributed by atoms with Gasteiger partial charge in [0, 0.05) is 28.1 Å². The van der Waals surface area contributed by atoms with Crippen LogP contribution in [0.2, 0.25) is 5.02 Å². The van der Waals surface area contributed by atoms with Crippen LogP contribution in [-0.2, 0) is 0 Å². The van der Waals surface area contributed by atoms with E-state index in [9.17, 15) is 0 Å². The maximum Gasteiger partial charge on any atom is 0.207 e. The Balaban J connectivity index is 1.66. The van der Waals surface area contributed by atoms with Gasteiger partial charge in [0.25, 0.3) is 0 Å². The van der Waals surface area contributed by atoms with Crippen molar-refractivity contribution in [2.45, 2.75) is 19.4 Å². The summed E-state index contributed by atoms with van der Waals surface area (Å²) in [6.45, 7) is 2.07. The number of nitrogens with zero attached hydrogens (tertiary/aromatic N) is 3. The van der Waals surface area contributed by atoms with Crippen LogP contribution in [0.3, 0.4) is 0 Å². The van der Waals surface area contributed by atoms with E-state index in [1.807, 2.05) is 30.3 Å². The average Bonchev–Trinajstić information content (AvgIpc) is 3.23. The average molecular weight is 354 g/mol. The normalized spacial score (nSPS) is 17.2. The summed E-state index contributed by atoms with van der Waals surface area (Å²) < 4.78 is 0. The van der Waals surface area contributed by atoms with Gasteiger partial charge in [-0.3, -0.25) is 0 Å². The maximum atomic E-state index is 5.97. The van der Waals surface area contributed by atoms with Crippen LogP contribution < -0.4 is 5.01 Å². The van der Waals surface area contributed by atoms with Crippen molar-refractivity contribution < 1.29 is 0 Å². The monoisotopic (exact) mass is 353 g/mol. The zero-order chi connectivity index (χ0) is 16.5. The van der Waals surface area contributed by atoms with Crippen molar-refractivity contribution in [3.63, 3.8) is 0 Å². The molecule has 2 heterocycles. The Morgan fingerprint density at radius 2 is 1.83 bits per heavy atom. The molecule has 0 bridgehead atoms. The Labute approximate surface area is 150 Å². The highest BCUT2D eigenvalue weighted by Crippen LogP contribution is 2.38. The lowest BCUT2D eigenvalue weighted by Gasteiger charge is -2.21. The predicted octanol–water partition coefficient (Wildman–Crippen LogP) is 5.79. The lowest BCUT2D eigenvalue weighted by atomic mass is 10.0. The van der Waals surface area contributed by atoms with Gasteiger partial charge < -0.3 is 0 Å². The van der Waals surface area contributed by atoms with Crippen LogP contribution in [-0.4, -0.2) is 10.7 Å². The summed E-state index contributed by atoms with van der Waals surface area (Å²) in [5.74, 6) is 0. The predicted molar refractivity (Wildman–Crippen MR) is 102 cm³/mol. The van der Waals surface area contributed by atoms with Crippen LogP contribution in [0.15, 0.2) is 65.1 Å². The van der Waals surface area contributed by atoms with Crippen LogP contribution in [0.4, 0.5) is 5.13 Å². The Bertz CT molecular complexity index is 871. The summed E-state index contributed by atoms with van der Waals surface area (Å²) in [7, 11) is 0. The lowest BCUT2D eigenvalue weighted by Crippen LogP contribution is -2.18. The number of thiazole rings is 1. The molecule has 1 atom stereocenters. The first-order valence-electron chi connectivity index (χ1n) is 7.80. The van der Waals surface area contributed by atoms with Crippen LogP contribution in [0, 0.1) is 0 Å². The van der Waals surface area contributed by atoms with E-state index in [1.54, 1.807) is 11.3 Å². The van der Waals surface area contributed by atoms with Crippen LogP contribution in [0.5, 0.6) is 0 Å². The highest BCUT2D eigenvalue weighted by atomic mass is 35.5. The van der Waals surface area contributed by atoms with E-state index in [4.69, 9.17) is 21.7 Å². The van der Waals surface area contributed by atoms with Gasteiger partial charge in [0.2, 0.25) is 5.13 Å². The van der Waals surface area contributed by atoms with Crippen molar-refractivity contribution in [1.82, 2.24) is 4.98 Å². The number of rotatable bonds is 3. The number of aromatic nitrogens is 1. The van der Waals surface area contributed by atoms with Gasteiger partial charge in [0.15, 0.2) is 0 Å². The number of anilines is 1. The number of hydrogen-bond acceptors (Lipinski definition) is 4. The topological polar surface area (TPSA) is 28.5 Å². The first-order valence-corrected chi connectivity index (χ1v) is 9.06. The molecule has 0 spiro atoms. The van der Waals surface area contributed by atoms with E-state index in [0.717, 1.165) is 33.5 Å². The summed E-state index contributed by atoms with van der Waals surface area (Å²) in [4.78, 5) is 4.80. The summed E-state index contributed by atoms with van der Waals surface area (Å²) in [6, 6.07) is 18.5. The van der Waals surface area contributed by atoms with Gasteiger partial charge in [-0.05, 0) is 24.6 Å². The molecule has 0 aliphatic carbocycles.